The predicted octanol–water partition coefficient (Wildman–Crippen LogP) is 5.07. The number of benzene rings is 2. The molecule has 0 unspecified atom stereocenters. The van der Waals surface area contributed by atoms with E-state index in [0.717, 1.165) is 11.2 Å². The summed E-state index contributed by atoms with van der Waals surface area (Å²) < 4.78 is 5.98. The van der Waals surface area contributed by atoms with Gasteiger partial charge in [-0.2, -0.15) is 0 Å². The zero-order chi connectivity index (χ0) is 14.8. The van der Waals surface area contributed by atoms with Crippen molar-refractivity contribution in [2.24, 2.45) is 4.99 Å². The largest absolute Gasteiger partial charge is 0.456 e. The van der Waals surface area contributed by atoms with Gasteiger partial charge in [0.1, 0.15) is 11.2 Å². The van der Waals surface area contributed by atoms with Gasteiger partial charge in [-0.25, -0.2) is 0 Å². The average Bonchev–Trinajstić information content (AvgIpc) is 2.80. The van der Waals surface area contributed by atoms with Crippen LogP contribution in [0.15, 0.2) is 45.8 Å². The van der Waals surface area contributed by atoms with Crippen LogP contribution in [0.1, 0.15) is 38.8 Å². The van der Waals surface area contributed by atoms with Gasteiger partial charge in [-0.3, -0.25) is 4.99 Å². The fourth-order valence-corrected chi connectivity index (χ4v) is 3.16. The van der Waals surface area contributed by atoms with Crippen LogP contribution in [-0.4, -0.2) is 11.8 Å². The summed E-state index contributed by atoms with van der Waals surface area (Å²) in [7, 11) is 0. The van der Waals surface area contributed by atoms with Crippen LogP contribution in [0.4, 0.5) is 0 Å². The molecule has 2 aromatic carbocycles. The lowest BCUT2D eigenvalue weighted by molar-refractivity contribution is 0.305. The van der Waals surface area contributed by atoms with Gasteiger partial charge in [0.25, 0.3) is 0 Å². The Morgan fingerprint density at radius 1 is 0.905 bits per heavy atom. The minimum absolute atomic E-state index is 0.0103. The Kier molecular flexibility index (Phi) is 2.26. The minimum atomic E-state index is -0.104. The number of hydrogen-bond donors (Lipinski definition) is 0. The van der Waals surface area contributed by atoms with E-state index in [1.165, 1.54) is 21.9 Å². The zero-order valence-electron chi connectivity index (χ0n) is 12.9. The van der Waals surface area contributed by atoms with E-state index in [9.17, 15) is 0 Å². The average molecular weight is 277 g/mol. The molecule has 0 N–H and O–H groups in total. The quantitative estimate of drug-likeness (QED) is 0.563. The summed E-state index contributed by atoms with van der Waals surface area (Å²) in [5.74, 6) is 0. The Morgan fingerprint density at radius 3 is 2.48 bits per heavy atom. The monoisotopic (exact) mass is 277 g/mol. The first-order valence-corrected chi connectivity index (χ1v) is 7.41. The number of furan rings is 1. The number of para-hydroxylation sites is 1. The SMILES string of the molecule is CC1(C)N=Cc2cc3oc4ccccc4c3cc2C1(C)C. The predicted molar refractivity (Wildman–Crippen MR) is 88.4 cm³/mol. The van der Waals surface area contributed by atoms with Gasteiger partial charge in [0.15, 0.2) is 0 Å². The molecule has 21 heavy (non-hydrogen) atoms. The lowest BCUT2D eigenvalue weighted by Crippen LogP contribution is -2.44. The van der Waals surface area contributed by atoms with Gasteiger partial charge in [-0.1, -0.05) is 32.0 Å². The van der Waals surface area contributed by atoms with Gasteiger partial charge in [0, 0.05) is 22.4 Å². The molecule has 0 aliphatic carbocycles. The second kappa shape index (κ2) is 3.76. The molecule has 3 aromatic rings. The summed E-state index contributed by atoms with van der Waals surface area (Å²) in [5, 5.41) is 2.38. The minimum Gasteiger partial charge on any atom is -0.456 e. The molecular weight excluding hydrogens is 258 g/mol. The molecule has 0 saturated heterocycles. The van der Waals surface area contributed by atoms with Crippen molar-refractivity contribution >= 4 is 28.2 Å². The molecule has 2 heteroatoms. The molecule has 0 atom stereocenters. The van der Waals surface area contributed by atoms with E-state index >= 15 is 0 Å². The van der Waals surface area contributed by atoms with E-state index in [0.29, 0.717) is 0 Å². The summed E-state index contributed by atoms with van der Waals surface area (Å²) in [4.78, 5) is 4.75. The van der Waals surface area contributed by atoms with Crippen molar-refractivity contribution in [2.75, 3.05) is 0 Å². The summed E-state index contributed by atoms with van der Waals surface area (Å²) in [6, 6.07) is 12.7. The maximum atomic E-state index is 5.98. The first kappa shape index (κ1) is 12.6. The highest BCUT2D eigenvalue weighted by Gasteiger charge is 2.41. The highest BCUT2D eigenvalue weighted by Crippen LogP contribution is 2.43. The van der Waals surface area contributed by atoms with E-state index in [1.54, 1.807) is 0 Å². The van der Waals surface area contributed by atoms with Crippen LogP contribution in [0.2, 0.25) is 0 Å². The van der Waals surface area contributed by atoms with Crippen molar-refractivity contribution in [2.45, 2.75) is 38.6 Å². The van der Waals surface area contributed by atoms with Crippen LogP contribution in [-0.2, 0) is 5.41 Å². The Bertz CT molecular complexity index is 896. The maximum absolute atomic E-state index is 5.98. The van der Waals surface area contributed by atoms with Crippen molar-refractivity contribution in [1.82, 2.24) is 0 Å². The molecule has 4 rings (SSSR count). The molecular formula is C19H19NO. The second-order valence-electron chi connectivity index (χ2n) is 6.98. The first-order chi connectivity index (χ1) is 9.90. The van der Waals surface area contributed by atoms with Crippen molar-refractivity contribution in [3.63, 3.8) is 0 Å². The molecule has 0 spiro atoms. The molecule has 1 aliphatic rings. The molecule has 1 aliphatic heterocycles. The number of hydrogen-bond acceptors (Lipinski definition) is 2. The van der Waals surface area contributed by atoms with Crippen molar-refractivity contribution < 1.29 is 4.42 Å². The van der Waals surface area contributed by atoms with Crippen LogP contribution in [0.3, 0.4) is 0 Å². The molecule has 0 fully saturated rings. The van der Waals surface area contributed by atoms with Crippen LogP contribution in [0.5, 0.6) is 0 Å². The van der Waals surface area contributed by atoms with E-state index in [2.05, 4.69) is 52.0 Å². The van der Waals surface area contributed by atoms with Gasteiger partial charge in [-0.15, -0.1) is 0 Å². The summed E-state index contributed by atoms with van der Waals surface area (Å²) >= 11 is 0. The zero-order valence-corrected chi connectivity index (χ0v) is 12.9. The topological polar surface area (TPSA) is 25.5 Å². The van der Waals surface area contributed by atoms with Crippen LogP contribution in [0, 0.1) is 0 Å². The molecule has 0 amide bonds. The number of aliphatic imine (C=N–C) groups is 1. The Labute approximate surface area is 124 Å². The third-order valence-corrected chi connectivity index (χ3v) is 5.28. The van der Waals surface area contributed by atoms with E-state index in [1.807, 2.05) is 18.3 Å². The summed E-state index contributed by atoms with van der Waals surface area (Å²) in [6.07, 6.45) is 1.99. The van der Waals surface area contributed by atoms with Gasteiger partial charge >= 0.3 is 0 Å². The van der Waals surface area contributed by atoms with Crippen LogP contribution < -0.4 is 0 Å². The number of rotatable bonds is 0. The summed E-state index contributed by atoms with van der Waals surface area (Å²) in [6.45, 7) is 8.95. The number of nitrogens with zero attached hydrogens (tertiary/aromatic N) is 1. The molecule has 2 heterocycles. The van der Waals surface area contributed by atoms with Crippen molar-refractivity contribution in [3.05, 3.63) is 47.5 Å². The highest BCUT2D eigenvalue weighted by atomic mass is 16.3. The lowest BCUT2D eigenvalue weighted by Gasteiger charge is -2.42. The lowest BCUT2D eigenvalue weighted by atomic mass is 9.67. The first-order valence-electron chi connectivity index (χ1n) is 7.41. The summed E-state index contributed by atoms with van der Waals surface area (Å²) in [5.41, 5.74) is 4.30. The van der Waals surface area contributed by atoms with Gasteiger partial charge in [0.2, 0.25) is 0 Å². The molecule has 0 radical (unpaired) electrons. The fourth-order valence-electron chi connectivity index (χ4n) is 3.16. The smallest absolute Gasteiger partial charge is 0.136 e. The van der Waals surface area contributed by atoms with Crippen LogP contribution >= 0.6 is 0 Å². The second-order valence-corrected chi connectivity index (χ2v) is 6.98. The Balaban J connectivity index is 2.11. The molecule has 2 nitrogen and oxygen atoms in total. The maximum Gasteiger partial charge on any atom is 0.136 e. The van der Waals surface area contributed by atoms with Gasteiger partial charge in [-0.05, 0) is 43.2 Å². The third-order valence-electron chi connectivity index (χ3n) is 5.28. The number of fused-ring (bicyclic) bond motifs is 4. The normalized spacial score (nSPS) is 19.0. The molecule has 1 aromatic heterocycles. The van der Waals surface area contributed by atoms with Gasteiger partial charge in [0.05, 0.1) is 5.54 Å². The third kappa shape index (κ3) is 1.56. The van der Waals surface area contributed by atoms with Crippen LogP contribution in [0.25, 0.3) is 21.9 Å². The van der Waals surface area contributed by atoms with E-state index in [-0.39, 0.29) is 11.0 Å². The van der Waals surface area contributed by atoms with Crippen molar-refractivity contribution in [1.29, 1.82) is 0 Å². The Hall–Kier alpha value is -2.09. The highest BCUT2D eigenvalue weighted by molar-refractivity contribution is 6.07. The molecule has 0 saturated carbocycles. The van der Waals surface area contributed by atoms with E-state index < -0.39 is 0 Å². The Morgan fingerprint density at radius 2 is 1.67 bits per heavy atom. The molecule has 0 bridgehead atoms. The standard InChI is InChI=1S/C19H19NO/c1-18(2)15-10-14-13-7-5-6-8-16(13)21-17(14)9-12(15)11-20-19(18,3)4/h5-11H,1-4H3. The van der Waals surface area contributed by atoms with Gasteiger partial charge < -0.3 is 4.42 Å². The fraction of sp³-hybridized carbons (Fsp3) is 0.316. The van der Waals surface area contributed by atoms with Crippen molar-refractivity contribution in [3.8, 4) is 0 Å². The molecule has 106 valence electrons. The van der Waals surface area contributed by atoms with E-state index in [4.69, 9.17) is 9.41 Å².